The first-order valence-electron chi connectivity index (χ1n) is 5.16. The van der Waals surface area contributed by atoms with E-state index in [1.54, 1.807) is 0 Å². The summed E-state index contributed by atoms with van der Waals surface area (Å²) in [6.45, 7) is 9.25. The summed E-state index contributed by atoms with van der Waals surface area (Å²) in [5, 5.41) is 0. The molecule has 2 N–H and O–H groups in total. The predicted octanol–water partition coefficient (Wildman–Crippen LogP) is 0.925. The van der Waals surface area contributed by atoms with Crippen molar-refractivity contribution in [3.63, 3.8) is 0 Å². The average molecular weight is 201 g/mol. The Morgan fingerprint density at radius 1 is 1.50 bits per heavy atom. The fourth-order valence-corrected chi connectivity index (χ4v) is 0.857. The van der Waals surface area contributed by atoms with E-state index in [0.29, 0.717) is 18.5 Å². The molecule has 0 bridgehead atoms. The number of guanidine groups is 1. The highest BCUT2D eigenvalue weighted by Gasteiger charge is 2.01. The SMILES string of the molecule is CCOCCN(C)C(N)=NCC(C)C. The third-order valence-corrected chi connectivity index (χ3v) is 1.78. The quantitative estimate of drug-likeness (QED) is 0.395. The van der Waals surface area contributed by atoms with Crippen LogP contribution in [0, 0.1) is 5.92 Å². The summed E-state index contributed by atoms with van der Waals surface area (Å²) in [6.07, 6.45) is 0. The zero-order chi connectivity index (χ0) is 11.0. The van der Waals surface area contributed by atoms with Crippen molar-refractivity contribution in [2.45, 2.75) is 20.8 Å². The molecule has 14 heavy (non-hydrogen) atoms. The van der Waals surface area contributed by atoms with Gasteiger partial charge in [0, 0.05) is 26.7 Å². The zero-order valence-electron chi connectivity index (χ0n) is 9.79. The topological polar surface area (TPSA) is 50.9 Å². The first-order chi connectivity index (χ1) is 6.57. The second-order valence-corrected chi connectivity index (χ2v) is 3.71. The van der Waals surface area contributed by atoms with Gasteiger partial charge in [-0.3, -0.25) is 4.99 Å². The van der Waals surface area contributed by atoms with Crippen molar-refractivity contribution in [2.75, 3.05) is 33.4 Å². The van der Waals surface area contributed by atoms with Crippen LogP contribution in [0.5, 0.6) is 0 Å². The Morgan fingerprint density at radius 2 is 2.14 bits per heavy atom. The standard InChI is InChI=1S/C10H23N3O/c1-5-14-7-6-13(4)10(11)12-8-9(2)3/h9H,5-8H2,1-4H3,(H2,11,12). The first kappa shape index (κ1) is 13.2. The van der Waals surface area contributed by atoms with Crippen LogP contribution < -0.4 is 5.73 Å². The molecule has 0 radical (unpaired) electrons. The molecule has 4 nitrogen and oxygen atoms in total. The normalized spacial score (nSPS) is 12.2. The smallest absolute Gasteiger partial charge is 0.191 e. The Kier molecular flexibility index (Phi) is 7.20. The van der Waals surface area contributed by atoms with E-state index in [2.05, 4.69) is 18.8 Å². The molecule has 0 saturated heterocycles. The van der Waals surface area contributed by atoms with E-state index in [0.717, 1.165) is 19.7 Å². The van der Waals surface area contributed by atoms with Gasteiger partial charge in [-0.05, 0) is 12.8 Å². The summed E-state index contributed by atoms with van der Waals surface area (Å²) in [5.41, 5.74) is 5.77. The monoisotopic (exact) mass is 201 g/mol. The van der Waals surface area contributed by atoms with Crippen molar-refractivity contribution >= 4 is 5.96 Å². The third-order valence-electron chi connectivity index (χ3n) is 1.78. The number of aliphatic imine (C=N–C) groups is 1. The Labute approximate surface area is 87.1 Å². The lowest BCUT2D eigenvalue weighted by Gasteiger charge is -2.17. The summed E-state index contributed by atoms with van der Waals surface area (Å²) in [7, 11) is 1.93. The van der Waals surface area contributed by atoms with Crippen LogP contribution in [0.3, 0.4) is 0 Å². The summed E-state index contributed by atoms with van der Waals surface area (Å²) in [5.74, 6) is 1.15. The highest BCUT2D eigenvalue weighted by molar-refractivity contribution is 5.77. The second-order valence-electron chi connectivity index (χ2n) is 3.71. The number of likely N-dealkylation sites (N-methyl/N-ethyl adjacent to an activating group) is 1. The van der Waals surface area contributed by atoms with Crippen LogP contribution in [0.2, 0.25) is 0 Å². The minimum Gasteiger partial charge on any atom is -0.380 e. The maximum absolute atomic E-state index is 5.77. The Hall–Kier alpha value is -0.770. The fourth-order valence-electron chi connectivity index (χ4n) is 0.857. The van der Waals surface area contributed by atoms with Gasteiger partial charge in [0.1, 0.15) is 0 Å². The van der Waals surface area contributed by atoms with Gasteiger partial charge in [-0.25, -0.2) is 0 Å². The van der Waals surface area contributed by atoms with Gasteiger partial charge in [0.15, 0.2) is 5.96 Å². The summed E-state index contributed by atoms with van der Waals surface area (Å²) in [6, 6.07) is 0. The number of hydrogen-bond acceptors (Lipinski definition) is 2. The van der Waals surface area contributed by atoms with E-state index in [1.165, 1.54) is 0 Å². The third kappa shape index (κ3) is 6.71. The van der Waals surface area contributed by atoms with Gasteiger partial charge in [0.25, 0.3) is 0 Å². The molecule has 0 aromatic rings. The summed E-state index contributed by atoms with van der Waals surface area (Å²) < 4.78 is 5.23. The van der Waals surface area contributed by atoms with E-state index in [1.807, 2.05) is 18.9 Å². The average Bonchev–Trinajstić information content (AvgIpc) is 2.14. The molecule has 0 atom stereocenters. The molecule has 0 aromatic carbocycles. The number of hydrogen-bond donors (Lipinski definition) is 1. The predicted molar refractivity (Wildman–Crippen MR) is 60.5 cm³/mol. The highest BCUT2D eigenvalue weighted by atomic mass is 16.5. The maximum atomic E-state index is 5.77. The molecule has 0 aliphatic rings. The van der Waals surface area contributed by atoms with Crippen LogP contribution in [0.1, 0.15) is 20.8 Å². The van der Waals surface area contributed by atoms with Crippen LogP contribution in [0.4, 0.5) is 0 Å². The molecule has 0 heterocycles. The first-order valence-corrected chi connectivity index (χ1v) is 5.16. The van der Waals surface area contributed by atoms with Crippen molar-refractivity contribution in [2.24, 2.45) is 16.6 Å². The zero-order valence-corrected chi connectivity index (χ0v) is 9.79. The Morgan fingerprint density at radius 3 is 2.64 bits per heavy atom. The maximum Gasteiger partial charge on any atom is 0.191 e. The van der Waals surface area contributed by atoms with E-state index in [-0.39, 0.29) is 0 Å². The Balaban J connectivity index is 3.73. The molecule has 0 spiro atoms. The number of nitrogens with zero attached hydrogens (tertiary/aromatic N) is 2. The minimum atomic E-state index is 0.550. The summed E-state index contributed by atoms with van der Waals surface area (Å²) >= 11 is 0. The van der Waals surface area contributed by atoms with E-state index in [9.17, 15) is 0 Å². The van der Waals surface area contributed by atoms with Crippen molar-refractivity contribution in [1.29, 1.82) is 0 Å². The van der Waals surface area contributed by atoms with Crippen LogP contribution >= 0.6 is 0 Å². The lowest BCUT2D eigenvalue weighted by molar-refractivity contribution is 0.136. The van der Waals surface area contributed by atoms with Crippen LogP contribution in [0.25, 0.3) is 0 Å². The van der Waals surface area contributed by atoms with Crippen molar-refractivity contribution in [3.05, 3.63) is 0 Å². The molecule has 0 aliphatic carbocycles. The highest BCUT2D eigenvalue weighted by Crippen LogP contribution is 1.92. The molecule has 0 saturated carbocycles. The molecule has 0 unspecified atom stereocenters. The fraction of sp³-hybridized carbons (Fsp3) is 0.900. The van der Waals surface area contributed by atoms with Crippen LogP contribution in [-0.4, -0.2) is 44.2 Å². The van der Waals surface area contributed by atoms with Gasteiger partial charge in [-0.1, -0.05) is 13.8 Å². The number of ether oxygens (including phenoxy) is 1. The Bertz CT molecular complexity index is 169. The van der Waals surface area contributed by atoms with Crippen LogP contribution in [-0.2, 0) is 4.74 Å². The molecule has 0 amide bonds. The van der Waals surface area contributed by atoms with Crippen molar-refractivity contribution in [1.82, 2.24) is 4.90 Å². The van der Waals surface area contributed by atoms with Gasteiger partial charge in [0.2, 0.25) is 0 Å². The number of rotatable bonds is 6. The lowest BCUT2D eigenvalue weighted by Crippen LogP contribution is -2.36. The van der Waals surface area contributed by atoms with Gasteiger partial charge in [-0.2, -0.15) is 0 Å². The minimum absolute atomic E-state index is 0.550. The largest absolute Gasteiger partial charge is 0.380 e. The summed E-state index contributed by atoms with van der Waals surface area (Å²) in [4.78, 5) is 6.18. The molecule has 0 aliphatic heterocycles. The lowest BCUT2D eigenvalue weighted by atomic mass is 10.2. The van der Waals surface area contributed by atoms with Crippen molar-refractivity contribution < 1.29 is 4.74 Å². The molecule has 0 fully saturated rings. The number of nitrogens with two attached hydrogens (primary N) is 1. The molecular formula is C10H23N3O. The molecule has 0 aromatic heterocycles. The molecule has 4 heteroatoms. The van der Waals surface area contributed by atoms with Gasteiger partial charge < -0.3 is 15.4 Å². The molecule has 0 rings (SSSR count). The van der Waals surface area contributed by atoms with Crippen molar-refractivity contribution in [3.8, 4) is 0 Å². The van der Waals surface area contributed by atoms with E-state index >= 15 is 0 Å². The molecular weight excluding hydrogens is 178 g/mol. The van der Waals surface area contributed by atoms with E-state index in [4.69, 9.17) is 10.5 Å². The molecule has 84 valence electrons. The van der Waals surface area contributed by atoms with Crippen LogP contribution in [0.15, 0.2) is 4.99 Å². The van der Waals surface area contributed by atoms with Gasteiger partial charge >= 0.3 is 0 Å². The second kappa shape index (κ2) is 7.62. The van der Waals surface area contributed by atoms with Gasteiger partial charge in [0.05, 0.1) is 6.61 Å². The van der Waals surface area contributed by atoms with Gasteiger partial charge in [-0.15, -0.1) is 0 Å². The van der Waals surface area contributed by atoms with E-state index < -0.39 is 0 Å².